The summed E-state index contributed by atoms with van der Waals surface area (Å²) in [5.74, 6) is 1.87. The molecule has 0 spiro atoms. The van der Waals surface area contributed by atoms with Gasteiger partial charge in [-0.25, -0.2) is 4.39 Å². The van der Waals surface area contributed by atoms with E-state index in [2.05, 4.69) is 43.2 Å². The summed E-state index contributed by atoms with van der Waals surface area (Å²) in [6, 6.07) is 3.95. The van der Waals surface area contributed by atoms with Crippen molar-refractivity contribution in [2.45, 2.75) is 52.8 Å². The number of hydrogen-bond acceptors (Lipinski definition) is 4. The first-order chi connectivity index (χ1) is 13.5. The van der Waals surface area contributed by atoms with Crippen molar-refractivity contribution in [3.8, 4) is 5.75 Å². The molecule has 0 amide bonds. The second kappa shape index (κ2) is 11.3. The van der Waals surface area contributed by atoms with Crippen LogP contribution in [0.5, 0.6) is 5.75 Å². The first-order valence-electron chi connectivity index (χ1n) is 10.3. The van der Waals surface area contributed by atoms with Gasteiger partial charge in [-0.15, -0.1) is 24.0 Å². The number of likely N-dealkylation sites (tertiary alicyclic amines) is 1. The third-order valence-corrected chi connectivity index (χ3v) is 5.44. The van der Waals surface area contributed by atoms with Gasteiger partial charge >= 0.3 is 0 Å². The Hall–Kier alpha value is -1.13. The monoisotopic (exact) mass is 520 g/mol. The Balaban J connectivity index is 0.00000300. The Bertz CT molecular complexity index is 702. The van der Waals surface area contributed by atoms with Gasteiger partial charge in [-0.1, -0.05) is 6.92 Å². The zero-order chi connectivity index (χ0) is 20.1. The van der Waals surface area contributed by atoms with E-state index in [1.807, 2.05) is 0 Å². The molecule has 0 aromatic heterocycles. The lowest BCUT2D eigenvalue weighted by atomic mass is 10.1. The molecule has 0 radical (unpaired) electrons. The van der Waals surface area contributed by atoms with Crippen molar-refractivity contribution >= 4 is 29.9 Å². The quantitative estimate of drug-likeness (QED) is 0.343. The summed E-state index contributed by atoms with van der Waals surface area (Å²) in [7, 11) is 0. The van der Waals surface area contributed by atoms with Gasteiger partial charge in [-0.3, -0.25) is 9.89 Å². The Labute approximate surface area is 190 Å². The minimum atomic E-state index is -0.259. The van der Waals surface area contributed by atoms with E-state index in [0.29, 0.717) is 37.6 Å². The van der Waals surface area contributed by atoms with E-state index in [4.69, 9.17) is 14.5 Å². The fourth-order valence-electron chi connectivity index (χ4n) is 3.84. The molecule has 2 atom stereocenters. The van der Waals surface area contributed by atoms with E-state index in [-0.39, 0.29) is 36.6 Å². The second-order valence-electron chi connectivity index (χ2n) is 7.95. The Morgan fingerprint density at radius 2 is 2.14 bits per heavy atom. The summed E-state index contributed by atoms with van der Waals surface area (Å²) >= 11 is 0. The maximum Gasteiger partial charge on any atom is 0.191 e. The minimum absolute atomic E-state index is 0. The SMILES string of the molecule is CCNC(=NCCc1cc(F)cc2c1OCOC2)NC1CN(C(C)C)CC1C.I. The van der Waals surface area contributed by atoms with Crippen LogP contribution in [0, 0.1) is 11.7 Å². The van der Waals surface area contributed by atoms with Crippen LogP contribution in [0.4, 0.5) is 4.39 Å². The van der Waals surface area contributed by atoms with Gasteiger partial charge in [0.1, 0.15) is 11.6 Å². The average Bonchev–Trinajstić information content (AvgIpc) is 3.02. The van der Waals surface area contributed by atoms with Crippen LogP contribution < -0.4 is 15.4 Å². The Morgan fingerprint density at radius 1 is 1.34 bits per heavy atom. The summed E-state index contributed by atoms with van der Waals surface area (Å²) in [6.07, 6.45) is 0.620. The fourth-order valence-corrected chi connectivity index (χ4v) is 3.84. The van der Waals surface area contributed by atoms with Crippen LogP contribution in [-0.4, -0.2) is 55.9 Å². The molecule has 2 unspecified atom stereocenters. The van der Waals surface area contributed by atoms with E-state index in [0.717, 1.165) is 42.5 Å². The van der Waals surface area contributed by atoms with Gasteiger partial charge in [-0.05, 0) is 50.8 Å². The van der Waals surface area contributed by atoms with Gasteiger partial charge in [-0.2, -0.15) is 0 Å². The summed E-state index contributed by atoms with van der Waals surface area (Å²) in [6.45, 7) is 12.9. The summed E-state index contributed by atoms with van der Waals surface area (Å²) in [5, 5.41) is 6.91. The molecule has 0 saturated carbocycles. The number of fused-ring (bicyclic) bond motifs is 1. The van der Waals surface area contributed by atoms with Crippen LogP contribution in [0.3, 0.4) is 0 Å². The Morgan fingerprint density at radius 3 is 2.83 bits per heavy atom. The highest BCUT2D eigenvalue weighted by Gasteiger charge is 2.31. The van der Waals surface area contributed by atoms with Gasteiger partial charge in [0.15, 0.2) is 12.8 Å². The highest BCUT2D eigenvalue weighted by Crippen LogP contribution is 2.29. The molecule has 2 heterocycles. The molecule has 1 fully saturated rings. The van der Waals surface area contributed by atoms with Crippen LogP contribution >= 0.6 is 24.0 Å². The Kier molecular flexibility index (Phi) is 9.42. The largest absolute Gasteiger partial charge is 0.467 e. The molecule has 2 aliphatic rings. The number of aliphatic imine (C=N–C) groups is 1. The van der Waals surface area contributed by atoms with Crippen LogP contribution in [-0.2, 0) is 17.8 Å². The number of nitrogens with zero attached hydrogens (tertiary/aromatic N) is 2. The number of hydrogen-bond donors (Lipinski definition) is 2. The molecule has 164 valence electrons. The normalized spacial score (nSPS) is 22.1. The van der Waals surface area contributed by atoms with Gasteiger partial charge < -0.3 is 20.1 Å². The minimum Gasteiger partial charge on any atom is -0.467 e. The van der Waals surface area contributed by atoms with Crippen LogP contribution in [0.2, 0.25) is 0 Å². The van der Waals surface area contributed by atoms with E-state index in [1.165, 1.54) is 6.07 Å². The van der Waals surface area contributed by atoms with Crippen LogP contribution in [0.25, 0.3) is 0 Å². The molecule has 2 N–H and O–H groups in total. The second-order valence-corrected chi connectivity index (χ2v) is 7.95. The average molecular weight is 520 g/mol. The van der Waals surface area contributed by atoms with Crippen LogP contribution in [0.1, 0.15) is 38.8 Å². The third-order valence-electron chi connectivity index (χ3n) is 5.44. The number of rotatable bonds is 6. The number of ether oxygens (including phenoxy) is 2. The number of guanidine groups is 1. The van der Waals surface area contributed by atoms with Gasteiger partial charge in [0.25, 0.3) is 0 Å². The van der Waals surface area contributed by atoms with Gasteiger partial charge in [0.05, 0.1) is 6.61 Å². The summed E-state index contributed by atoms with van der Waals surface area (Å²) < 4.78 is 24.7. The molecule has 1 aromatic rings. The molecular formula is C21H34FIN4O2. The predicted octanol–water partition coefficient (Wildman–Crippen LogP) is 3.14. The molecule has 0 aliphatic carbocycles. The van der Waals surface area contributed by atoms with E-state index in [1.54, 1.807) is 6.07 Å². The first-order valence-corrected chi connectivity index (χ1v) is 10.3. The van der Waals surface area contributed by atoms with E-state index >= 15 is 0 Å². The van der Waals surface area contributed by atoms with Gasteiger partial charge in [0, 0.05) is 43.8 Å². The maximum absolute atomic E-state index is 13.9. The predicted molar refractivity (Wildman–Crippen MR) is 125 cm³/mol. The van der Waals surface area contributed by atoms with Crippen molar-refractivity contribution in [3.05, 3.63) is 29.1 Å². The number of nitrogens with one attached hydrogen (secondary N) is 2. The van der Waals surface area contributed by atoms with Crippen molar-refractivity contribution in [2.75, 3.05) is 33.0 Å². The summed E-state index contributed by atoms with van der Waals surface area (Å²) in [4.78, 5) is 7.21. The number of benzene rings is 1. The first kappa shape index (κ1) is 24.1. The van der Waals surface area contributed by atoms with Gasteiger partial charge in [0.2, 0.25) is 0 Å². The van der Waals surface area contributed by atoms with Crippen molar-refractivity contribution in [1.29, 1.82) is 0 Å². The molecular weight excluding hydrogens is 486 g/mol. The van der Waals surface area contributed by atoms with Crippen molar-refractivity contribution in [2.24, 2.45) is 10.9 Å². The smallest absolute Gasteiger partial charge is 0.191 e. The standard InChI is InChI=1S/C21H33FN4O2.HI/c1-5-23-21(25-19-11-26(14(2)3)10-15(19)4)24-7-6-16-8-18(22)9-17-12-27-13-28-20(16)17;/h8-9,14-15,19H,5-7,10-13H2,1-4H3,(H2,23,24,25);1H. The fraction of sp³-hybridized carbons (Fsp3) is 0.667. The number of halogens is 2. The highest BCUT2D eigenvalue weighted by atomic mass is 127. The maximum atomic E-state index is 13.9. The summed E-state index contributed by atoms with van der Waals surface area (Å²) in [5.41, 5.74) is 1.61. The topological polar surface area (TPSA) is 58.1 Å². The highest BCUT2D eigenvalue weighted by molar-refractivity contribution is 14.0. The van der Waals surface area contributed by atoms with Crippen molar-refractivity contribution in [1.82, 2.24) is 15.5 Å². The van der Waals surface area contributed by atoms with E-state index < -0.39 is 0 Å². The zero-order valence-corrected chi connectivity index (χ0v) is 20.2. The lowest BCUT2D eigenvalue weighted by molar-refractivity contribution is -0.0172. The van der Waals surface area contributed by atoms with Crippen LogP contribution in [0.15, 0.2) is 17.1 Å². The van der Waals surface area contributed by atoms with Crippen molar-refractivity contribution in [3.63, 3.8) is 0 Å². The van der Waals surface area contributed by atoms with E-state index in [9.17, 15) is 4.39 Å². The lowest BCUT2D eigenvalue weighted by Gasteiger charge is -2.22. The van der Waals surface area contributed by atoms with Crippen molar-refractivity contribution < 1.29 is 13.9 Å². The molecule has 8 heteroatoms. The zero-order valence-electron chi connectivity index (χ0n) is 17.8. The lowest BCUT2D eigenvalue weighted by Crippen LogP contribution is -2.47. The molecule has 0 bridgehead atoms. The molecule has 1 saturated heterocycles. The molecule has 29 heavy (non-hydrogen) atoms. The molecule has 1 aromatic carbocycles. The molecule has 6 nitrogen and oxygen atoms in total. The molecule has 3 rings (SSSR count). The third kappa shape index (κ3) is 6.42. The molecule has 2 aliphatic heterocycles.